The van der Waals surface area contributed by atoms with Crippen LogP contribution >= 0.6 is 0 Å². The topological polar surface area (TPSA) is 48.4 Å². The first-order valence-corrected chi connectivity index (χ1v) is 8.73. The minimum Gasteiger partial charge on any atom is -0.396 e. The van der Waals surface area contributed by atoms with Gasteiger partial charge in [-0.05, 0) is 37.3 Å². The highest BCUT2D eigenvalue weighted by molar-refractivity contribution is 5.81. The van der Waals surface area contributed by atoms with Crippen LogP contribution in [0.1, 0.15) is 31.7 Å². The molecule has 1 atom stereocenters. The molecule has 0 spiro atoms. The summed E-state index contributed by atoms with van der Waals surface area (Å²) >= 11 is 0. The minimum atomic E-state index is 0.224. The molecule has 2 N–H and O–H groups in total. The van der Waals surface area contributed by atoms with Crippen LogP contribution in [0.15, 0.2) is 30.3 Å². The molecule has 23 heavy (non-hydrogen) atoms. The van der Waals surface area contributed by atoms with E-state index in [1.165, 1.54) is 30.2 Å². The van der Waals surface area contributed by atoms with Gasteiger partial charge >= 0.3 is 0 Å². The van der Waals surface area contributed by atoms with E-state index < -0.39 is 0 Å². The summed E-state index contributed by atoms with van der Waals surface area (Å²) in [6.07, 6.45) is 3.83. The van der Waals surface area contributed by atoms with Crippen LogP contribution in [0.4, 0.5) is 5.82 Å². The zero-order valence-electron chi connectivity index (χ0n) is 14.0. The minimum absolute atomic E-state index is 0.224. The fourth-order valence-corrected chi connectivity index (χ4v) is 3.18. The number of para-hydroxylation sites is 1. The molecule has 2 aromatic rings. The number of nitrogens with one attached hydrogen (secondary N) is 1. The number of nitrogens with zero attached hydrogens (tertiary/aromatic N) is 2. The lowest BCUT2D eigenvalue weighted by molar-refractivity contribution is 0.233. The average molecular weight is 313 g/mol. The molecule has 3 rings (SSSR count). The van der Waals surface area contributed by atoms with Gasteiger partial charge in [-0.3, -0.25) is 0 Å². The highest BCUT2D eigenvalue weighted by atomic mass is 16.3. The number of anilines is 1. The fraction of sp³-hybridized carbons (Fsp3) is 0.526. The zero-order valence-corrected chi connectivity index (χ0v) is 14.0. The number of rotatable bonds is 6. The van der Waals surface area contributed by atoms with Crippen LogP contribution in [0.5, 0.6) is 0 Å². The van der Waals surface area contributed by atoms with Gasteiger partial charge in [0.2, 0.25) is 0 Å². The van der Waals surface area contributed by atoms with E-state index in [1.807, 2.05) is 0 Å². The van der Waals surface area contributed by atoms with Crippen LogP contribution in [-0.2, 0) is 6.54 Å². The largest absolute Gasteiger partial charge is 0.396 e. The lowest BCUT2D eigenvalue weighted by atomic mass is 10.1. The van der Waals surface area contributed by atoms with Crippen LogP contribution < -0.4 is 10.2 Å². The normalized spacial score (nSPS) is 16.7. The van der Waals surface area contributed by atoms with E-state index >= 15 is 0 Å². The predicted octanol–water partition coefficient (Wildman–Crippen LogP) is 2.94. The van der Waals surface area contributed by atoms with Gasteiger partial charge in [-0.2, -0.15) is 0 Å². The molecule has 4 heteroatoms. The average Bonchev–Trinajstić information content (AvgIpc) is 2.61. The van der Waals surface area contributed by atoms with Crippen molar-refractivity contribution in [1.29, 1.82) is 0 Å². The zero-order chi connectivity index (χ0) is 16.1. The molecular formula is C19H27N3O. The van der Waals surface area contributed by atoms with Crippen LogP contribution in [0, 0.1) is 5.92 Å². The van der Waals surface area contributed by atoms with Gasteiger partial charge in [0, 0.05) is 43.7 Å². The van der Waals surface area contributed by atoms with E-state index in [9.17, 15) is 5.11 Å². The van der Waals surface area contributed by atoms with E-state index in [4.69, 9.17) is 4.98 Å². The maximum atomic E-state index is 9.17. The van der Waals surface area contributed by atoms with Gasteiger partial charge < -0.3 is 15.3 Å². The first kappa shape index (κ1) is 16.2. The van der Waals surface area contributed by atoms with Gasteiger partial charge in [0.05, 0.1) is 5.52 Å². The molecule has 4 nitrogen and oxygen atoms in total. The molecule has 0 aliphatic carbocycles. The molecule has 1 saturated heterocycles. The summed E-state index contributed by atoms with van der Waals surface area (Å²) in [5.74, 6) is 1.41. The van der Waals surface area contributed by atoms with E-state index in [0.717, 1.165) is 37.5 Å². The van der Waals surface area contributed by atoms with Crippen LogP contribution in [0.2, 0.25) is 0 Å². The molecule has 1 fully saturated rings. The van der Waals surface area contributed by atoms with Crippen molar-refractivity contribution in [2.24, 2.45) is 5.92 Å². The van der Waals surface area contributed by atoms with E-state index in [-0.39, 0.29) is 12.5 Å². The van der Waals surface area contributed by atoms with Gasteiger partial charge in [-0.1, -0.05) is 25.1 Å². The van der Waals surface area contributed by atoms with Gasteiger partial charge in [0.15, 0.2) is 0 Å². The summed E-state index contributed by atoms with van der Waals surface area (Å²) in [5.41, 5.74) is 2.33. The quantitative estimate of drug-likeness (QED) is 0.861. The summed E-state index contributed by atoms with van der Waals surface area (Å²) in [5, 5.41) is 13.8. The van der Waals surface area contributed by atoms with Crippen molar-refractivity contribution in [3.63, 3.8) is 0 Å². The highest BCUT2D eigenvalue weighted by Crippen LogP contribution is 2.26. The first-order valence-electron chi connectivity index (χ1n) is 8.73. The Morgan fingerprint density at radius 2 is 2.00 bits per heavy atom. The number of hydrogen-bond donors (Lipinski definition) is 2. The van der Waals surface area contributed by atoms with Crippen molar-refractivity contribution in [3.05, 3.63) is 35.9 Å². The van der Waals surface area contributed by atoms with Crippen LogP contribution in [0.25, 0.3) is 10.9 Å². The Bertz CT molecular complexity index is 638. The van der Waals surface area contributed by atoms with E-state index in [1.54, 1.807) is 0 Å². The Morgan fingerprint density at radius 3 is 2.78 bits per heavy atom. The third kappa shape index (κ3) is 4.01. The molecule has 124 valence electrons. The third-order valence-electron chi connectivity index (χ3n) is 4.56. The van der Waals surface area contributed by atoms with Gasteiger partial charge in [0.1, 0.15) is 5.82 Å². The molecule has 1 aliphatic rings. The summed E-state index contributed by atoms with van der Waals surface area (Å²) in [7, 11) is 0. The molecule has 0 unspecified atom stereocenters. The Labute approximate surface area is 138 Å². The second-order valence-electron chi connectivity index (χ2n) is 6.63. The van der Waals surface area contributed by atoms with Crippen LogP contribution in [0.3, 0.4) is 0 Å². The summed E-state index contributed by atoms with van der Waals surface area (Å²) in [6, 6.07) is 10.6. The van der Waals surface area contributed by atoms with Crippen molar-refractivity contribution in [3.8, 4) is 0 Å². The number of aromatic nitrogens is 1. The standard InChI is InChI=1S/C19H27N3O/c1-15(14-23)12-20-13-17-11-16-7-3-4-8-18(16)21-19(17)22-9-5-2-6-10-22/h3-4,7-8,11,15,20,23H,2,5-6,9-10,12-14H2,1H3/t15-/m0/s1. The van der Waals surface area contributed by atoms with Crippen molar-refractivity contribution >= 4 is 16.7 Å². The van der Waals surface area contributed by atoms with Crippen molar-refractivity contribution in [1.82, 2.24) is 10.3 Å². The number of benzene rings is 1. The van der Waals surface area contributed by atoms with Crippen molar-refractivity contribution in [2.45, 2.75) is 32.7 Å². The van der Waals surface area contributed by atoms with E-state index in [0.29, 0.717) is 0 Å². The Kier molecular flexibility index (Phi) is 5.47. The summed E-state index contributed by atoms with van der Waals surface area (Å²) in [6.45, 7) is 6.10. The van der Waals surface area contributed by atoms with Gasteiger partial charge in [0.25, 0.3) is 0 Å². The Morgan fingerprint density at radius 1 is 1.22 bits per heavy atom. The lowest BCUT2D eigenvalue weighted by Crippen LogP contribution is -2.32. The van der Waals surface area contributed by atoms with Gasteiger partial charge in [-0.15, -0.1) is 0 Å². The number of aliphatic hydroxyl groups is 1. The lowest BCUT2D eigenvalue weighted by Gasteiger charge is -2.30. The molecule has 1 aromatic carbocycles. The molecule has 1 aromatic heterocycles. The molecule has 0 radical (unpaired) electrons. The third-order valence-corrected chi connectivity index (χ3v) is 4.56. The Balaban J connectivity index is 1.85. The van der Waals surface area contributed by atoms with Crippen molar-refractivity contribution in [2.75, 3.05) is 31.1 Å². The van der Waals surface area contributed by atoms with Crippen LogP contribution in [-0.4, -0.2) is 36.3 Å². The number of pyridine rings is 1. The number of piperidine rings is 1. The maximum Gasteiger partial charge on any atom is 0.133 e. The number of aliphatic hydroxyl groups excluding tert-OH is 1. The molecule has 0 amide bonds. The molecule has 0 saturated carbocycles. The monoisotopic (exact) mass is 313 g/mol. The molecular weight excluding hydrogens is 286 g/mol. The molecule has 1 aliphatic heterocycles. The number of hydrogen-bond acceptors (Lipinski definition) is 4. The first-order chi connectivity index (χ1) is 11.3. The maximum absolute atomic E-state index is 9.17. The SMILES string of the molecule is C[C@H](CO)CNCc1cc2ccccc2nc1N1CCCCC1. The summed E-state index contributed by atoms with van der Waals surface area (Å²) < 4.78 is 0. The van der Waals surface area contributed by atoms with Crippen molar-refractivity contribution < 1.29 is 5.11 Å². The summed E-state index contributed by atoms with van der Waals surface area (Å²) in [4.78, 5) is 7.39. The fourth-order valence-electron chi connectivity index (χ4n) is 3.18. The second-order valence-corrected chi connectivity index (χ2v) is 6.63. The van der Waals surface area contributed by atoms with E-state index in [2.05, 4.69) is 47.5 Å². The molecule has 2 heterocycles. The number of fused-ring (bicyclic) bond motifs is 1. The Hall–Kier alpha value is -1.65. The van der Waals surface area contributed by atoms with Gasteiger partial charge in [-0.25, -0.2) is 4.98 Å². The highest BCUT2D eigenvalue weighted by Gasteiger charge is 2.17. The smallest absolute Gasteiger partial charge is 0.133 e. The predicted molar refractivity (Wildman–Crippen MR) is 95.8 cm³/mol. The second kappa shape index (κ2) is 7.75. The molecule has 0 bridgehead atoms.